The molecule has 2 aromatic heterocycles. The highest BCUT2D eigenvalue weighted by Gasteiger charge is 2.16. The van der Waals surface area contributed by atoms with E-state index in [0.29, 0.717) is 0 Å². The number of nitrogens with zero attached hydrogens (tertiary/aromatic N) is 1. The van der Waals surface area contributed by atoms with Crippen LogP contribution in [0.3, 0.4) is 0 Å². The van der Waals surface area contributed by atoms with Crippen LogP contribution in [0, 0.1) is 0 Å². The summed E-state index contributed by atoms with van der Waals surface area (Å²) in [7, 11) is -3.74. The first-order chi connectivity index (χ1) is 12.5. The molecule has 26 heavy (non-hydrogen) atoms. The van der Waals surface area contributed by atoms with E-state index >= 15 is 0 Å². The number of anilines is 1. The summed E-state index contributed by atoms with van der Waals surface area (Å²) in [5.41, 5.74) is 2.95. The summed E-state index contributed by atoms with van der Waals surface area (Å²) in [5.74, 6) is 0. The SMILES string of the molecule is O=S(=O)(Nc1cc(-c2ccc3[nH]ccc3c2)cnc1Cl)c1ccccc1. The van der Waals surface area contributed by atoms with Crippen molar-refractivity contribution in [1.29, 1.82) is 0 Å². The molecule has 0 aliphatic carbocycles. The minimum absolute atomic E-state index is 0.0935. The number of hydrogen-bond donors (Lipinski definition) is 2. The summed E-state index contributed by atoms with van der Waals surface area (Å²) in [6.45, 7) is 0. The number of rotatable bonds is 4. The predicted octanol–water partition coefficient (Wildman–Crippen LogP) is 4.68. The lowest BCUT2D eigenvalue weighted by Gasteiger charge is -2.11. The van der Waals surface area contributed by atoms with E-state index in [1.807, 2.05) is 30.5 Å². The molecule has 0 amide bonds. The smallest absolute Gasteiger partial charge is 0.261 e. The van der Waals surface area contributed by atoms with Crippen LogP contribution in [0.25, 0.3) is 22.0 Å². The summed E-state index contributed by atoms with van der Waals surface area (Å²) >= 11 is 6.11. The quantitative estimate of drug-likeness (QED) is 0.502. The summed E-state index contributed by atoms with van der Waals surface area (Å²) in [4.78, 5) is 7.43. The van der Waals surface area contributed by atoms with E-state index in [0.717, 1.165) is 22.0 Å². The van der Waals surface area contributed by atoms with Gasteiger partial charge in [-0.05, 0) is 47.3 Å². The van der Waals surface area contributed by atoms with E-state index in [-0.39, 0.29) is 15.7 Å². The zero-order valence-electron chi connectivity index (χ0n) is 13.5. The van der Waals surface area contributed by atoms with Crippen LogP contribution < -0.4 is 4.72 Å². The van der Waals surface area contributed by atoms with Crippen LogP contribution in [0.1, 0.15) is 0 Å². The fourth-order valence-corrected chi connectivity index (χ4v) is 4.00. The van der Waals surface area contributed by atoms with Crippen molar-refractivity contribution in [3.63, 3.8) is 0 Å². The maximum Gasteiger partial charge on any atom is 0.261 e. The van der Waals surface area contributed by atoms with Gasteiger partial charge in [-0.3, -0.25) is 4.72 Å². The van der Waals surface area contributed by atoms with Gasteiger partial charge in [0.15, 0.2) is 5.15 Å². The van der Waals surface area contributed by atoms with Gasteiger partial charge in [-0.2, -0.15) is 0 Å². The third-order valence-electron chi connectivity index (χ3n) is 4.02. The number of nitrogens with one attached hydrogen (secondary N) is 2. The molecule has 0 saturated heterocycles. The number of fused-ring (bicyclic) bond motifs is 1. The lowest BCUT2D eigenvalue weighted by atomic mass is 10.1. The fourth-order valence-electron chi connectivity index (χ4n) is 2.71. The highest BCUT2D eigenvalue weighted by Crippen LogP contribution is 2.30. The molecule has 0 fully saturated rings. The Labute approximate surface area is 155 Å². The van der Waals surface area contributed by atoms with E-state index in [1.165, 1.54) is 12.1 Å². The molecule has 0 bridgehead atoms. The molecule has 2 heterocycles. The van der Waals surface area contributed by atoms with Crippen molar-refractivity contribution in [3.8, 4) is 11.1 Å². The molecular formula is C19H14ClN3O2S. The van der Waals surface area contributed by atoms with Gasteiger partial charge in [0.1, 0.15) is 0 Å². The van der Waals surface area contributed by atoms with Crippen molar-refractivity contribution in [1.82, 2.24) is 9.97 Å². The molecule has 0 radical (unpaired) electrons. The van der Waals surface area contributed by atoms with Gasteiger partial charge in [-0.25, -0.2) is 13.4 Å². The molecule has 0 aliphatic heterocycles. The molecule has 0 saturated carbocycles. The second-order valence-corrected chi connectivity index (χ2v) is 7.80. The van der Waals surface area contributed by atoms with Crippen molar-refractivity contribution in [2.45, 2.75) is 4.90 Å². The maximum absolute atomic E-state index is 12.5. The van der Waals surface area contributed by atoms with Crippen molar-refractivity contribution < 1.29 is 8.42 Å². The highest BCUT2D eigenvalue weighted by molar-refractivity contribution is 7.92. The number of aromatic nitrogens is 2. The standard InChI is InChI=1S/C19H14ClN3O2S/c20-19-18(23-26(24,25)16-4-2-1-3-5-16)11-15(12-22-19)13-6-7-17-14(10-13)8-9-21-17/h1-12,21,23H. The first-order valence-electron chi connectivity index (χ1n) is 7.84. The van der Waals surface area contributed by atoms with Gasteiger partial charge in [0, 0.05) is 23.5 Å². The van der Waals surface area contributed by atoms with Crippen LogP contribution in [0.4, 0.5) is 5.69 Å². The average molecular weight is 384 g/mol. The maximum atomic E-state index is 12.5. The first-order valence-corrected chi connectivity index (χ1v) is 9.70. The fraction of sp³-hybridized carbons (Fsp3) is 0. The average Bonchev–Trinajstić information content (AvgIpc) is 3.12. The zero-order chi connectivity index (χ0) is 18.1. The first kappa shape index (κ1) is 16.6. The van der Waals surface area contributed by atoms with E-state index in [4.69, 9.17) is 11.6 Å². The predicted molar refractivity (Wildman–Crippen MR) is 104 cm³/mol. The minimum Gasteiger partial charge on any atom is -0.361 e. The van der Waals surface area contributed by atoms with Crippen molar-refractivity contribution >= 4 is 38.2 Å². The molecule has 0 aliphatic rings. The van der Waals surface area contributed by atoms with Crippen LogP contribution >= 0.6 is 11.6 Å². The van der Waals surface area contributed by atoms with Crippen LogP contribution in [-0.2, 0) is 10.0 Å². The lowest BCUT2D eigenvalue weighted by Crippen LogP contribution is -2.13. The molecule has 2 aromatic carbocycles. The van der Waals surface area contributed by atoms with Crippen LogP contribution in [-0.4, -0.2) is 18.4 Å². The van der Waals surface area contributed by atoms with Gasteiger partial charge in [0.25, 0.3) is 10.0 Å². The van der Waals surface area contributed by atoms with Gasteiger partial charge in [-0.1, -0.05) is 35.9 Å². The number of benzene rings is 2. The van der Waals surface area contributed by atoms with Gasteiger partial charge >= 0.3 is 0 Å². The Bertz CT molecular complexity index is 1190. The Morgan fingerprint density at radius 3 is 2.58 bits per heavy atom. The second-order valence-electron chi connectivity index (χ2n) is 5.76. The molecule has 130 valence electrons. The second kappa shape index (κ2) is 6.48. The molecule has 0 unspecified atom stereocenters. The Hall–Kier alpha value is -2.83. The summed E-state index contributed by atoms with van der Waals surface area (Å²) in [6.07, 6.45) is 3.49. The number of sulfonamides is 1. The number of pyridine rings is 1. The monoisotopic (exact) mass is 383 g/mol. The van der Waals surface area contributed by atoms with E-state index in [1.54, 1.807) is 30.5 Å². The van der Waals surface area contributed by atoms with Crippen molar-refractivity contribution in [2.24, 2.45) is 0 Å². The Balaban J connectivity index is 1.72. The number of halogens is 1. The molecule has 7 heteroatoms. The Morgan fingerprint density at radius 2 is 1.77 bits per heavy atom. The van der Waals surface area contributed by atoms with Gasteiger partial charge in [-0.15, -0.1) is 0 Å². The van der Waals surface area contributed by atoms with Crippen LogP contribution in [0.15, 0.2) is 78.0 Å². The van der Waals surface area contributed by atoms with Crippen LogP contribution in [0.2, 0.25) is 5.15 Å². The Morgan fingerprint density at radius 1 is 0.962 bits per heavy atom. The normalized spacial score (nSPS) is 11.6. The van der Waals surface area contributed by atoms with Gasteiger partial charge in [0.2, 0.25) is 0 Å². The molecular weight excluding hydrogens is 370 g/mol. The molecule has 4 aromatic rings. The van der Waals surface area contributed by atoms with Gasteiger partial charge < -0.3 is 4.98 Å². The highest BCUT2D eigenvalue weighted by atomic mass is 35.5. The van der Waals surface area contributed by atoms with Gasteiger partial charge in [0.05, 0.1) is 10.6 Å². The number of H-pyrrole nitrogens is 1. The molecule has 5 nitrogen and oxygen atoms in total. The third-order valence-corrected chi connectivity index (χ3v) is 5.71. The zero-order valence-corrected chi connectivity index (χ0v) is 15.1. The van der Waals surface area contributed by atoms with Crippen molar-refractivity contribution in [3.05, 3.63) is 78.2 Å². The molecule has 2 N–H and O–H groups in total. The largest absolute Gasteiger partial charge is 0.361 e. The Kier molecular flexibility index (Phi) is 4.14. The molecule has 0 atom stereocenters. The van der Waals surface area contributed by atoms with E-state index in [9.17, 15) is 8.42 Å². The third kappa shape index (κ3) is 3.16. The number of hydrogen-bond acceptors (Lipinski definition) is 3. The molecule has 0 spiro atoms. The summed E-state index contributed by atoms with van der Waals surface area (Å²) in [6, 6.07) is 17.7. The summed E-state index contributed by atoms with van der Waals surface area (Å²) < 4.78 is 27.6. The topological polar surface area (TPSA) is 74.8 Å². The lowest BCUT2D eigenvalue weighted by molar-refractivity contribution is 0.601. The molecule has 4 rings (SSSR count). The van der Waals surface area contributed by atoms with Crippen LogP contribution in [0.5, 0.6) is 0 Å². The number of aromatic amines is 1. The van der Waals surface area contributed by atoms with E-state index in [2.05, 4.69) is 14.7 Å². The minimum atomic E-state index is -3.74. The van der Waals surface area contributed by atoms with E-state index < -0.39 is 10.0 Å². The van der Waals surface area contributed by atoms with Crippen molar-refractivity contribution in [2.75, 3.05) is 4.72 Å². The summed E-state index contributed by atoms with van der Waals surface area (Å²) in [5, 5.41) is 1.15.